The molecule has 0 atom stereocenters. The number of benzene rings is 2. The Morgan fingerprint density at radius 2 is 1.88 bits per heavy atom. The van der Waals surface area contributed by atoms with Gasteiger partial charge >= 0.3 is 0 Å². The van der Waals surface area contributed by atoms with E-state index in [4.69, 9.17) is 11.6 Å². The van der Waals surface area contributed by atoms with Gasteiger partial charge < -0.3 is 4.57 Å². The standard InChI is InChI=1S/C20H20ClN3OS/c1-3-14-8-10-15(11-9-14)18(25)13-26-20-23-22-19(24(20)4-2)16-6-5-7-17(21)12-16/h5-12H,3-4,13H2,1-2H3. The minimum absolute atomic E-state index is 0.0904. The van der Waals surface area contributed by atoms with Crippen molar-refractivity contribution in [2.45, 2.75) is 32.0 Å². The molecule has 0 amide bonds. The molecule has 0 saturated carbocycles. The summed E-state index contributed by atoms with van der Waals surface area (Å²) in [5.74, 6) is 1.18. The number of hydrogen-bond acceptors (Lipinski definition) is 4. The third kappa shape index (κ3) is 4.17. The van der Waals surface area contributed by atoms with Crippen molar-refractivity contribution in [1.29, 1.82) is 0 Å². The van der Waals surface area contributed by atoms with E-state index in [-0.39, 0.29) is 5.78 Å². The van der Waals surface area contributed by atoms with E-state index in [1.807, 2.05) is 60.0 Å². The SMILES string of the molecule is CCc1ccc(C(=O)CSc2nnc(-c3cccc(Cl)c3)n2CC)cc1. The summed E-state index contributed by atoms with van der Waals surface area (Å²) >= 11 is 7.49. The van der Waals surface area contributed by atoms with Crippen LogP contribution in [0.1, 0.15) is 29.8 Å². The minimum Gasteiger partial charge on any atom is -0.302 e. The average molecular weight is 386 g/mol. The number of aryl methyl sites for hydroxylation is 1. The number of Topliss-reactive ketones (excluding diaryl/α,β-unsaturated/α-hetero) is 1. The zero-order chi connectivity index (χ0) is 18.5. The first-order chi connectivity index (χ1) is 12.6. The van der Waals surface area contributed by atoms with Gasteiger partial charge in [0.25, 0.3) is 0 Å². The Kier molecular flexibility index (Phi) is 6.12. The van der Waals surface area contributed by atoms with E-state index in [1.165, 1.54) is 17.3 Å². The molecule has 2 aromatic carbocycles. The van der Waals surface area contributed by atoms with E-state index in [0.717, 1.165) is 35.1 Å². The largest absolute Gasteiger partial charge is 0.302 e. The Labute approximate surface area is 162 Å². The molecule has 0 spiro atoms. The van der Waals surface area contributed by atoms with Gasteiger partial charge in [-0.1, -0.05) is 66.7 Å². The molecule has 1 aromatic heterocycles. The number of hydrogen-bond donors (Lipinski definition) is 0. The van der Waals surface area contributed by atoms with Crippen LogP contribution in [0.5, 0.6) is 0 Å². The molecule has 0 N–H and O–H groups in total. The van der Waals surface area contributed by atoms with E-state index >= 15 is 0 Å². The van der Waals surface area contributed by atoms with Gasteiger partial charge in [0.2, 0.25) is 0 Å². The summed E-state index contributed by atoms with van der Waals surface area (Å²) in [5, 5.41) is 9.96. The van der Waals surface area contributed by atoms with Gasteiger partial charge in [-0.25, -0.2) is 0 Å². The van der Waals surface area contributed by atoms with E-state index in [1.54, 1.807) is 0 Å². The monoisotopic (exact) mass is 385 g/mol. The topological polar surface area (TPSA) is 47.8 Å². The fraction of sp³-hybridized carbons (Fsp3) is 0.250. The van der Waals surface area contributed by atoms with E-state index in [0.29, 0.717) is 10.8 Å². The Hall–Kier alpha value is -2.11. The molecule has 0 fully saturated rings. The number of rotatable bonds is 7. The third-order valence-electron chi connectivity index (χ3n) is 4.13. The van der Waals surface area contributed by atoms with Gasteiger partial charge in [0.1, 0.15) is 0 Å². The lowest BCUT2D eigenvalue weighted by Crippen LogP contribution is -2.05. The zero-order valence-corrected chi connectivity index (χ0v) is 16.3. The second-order valence-corrected chi connectivity index (χ2v) is 7.20. The van der Waals surface area contributed by atoms with Crippen LogP contribution < -0.4 is 0 Å². The van der Waals surface area contributed by atoms with Gasteiger partial charge in [-0.3, -0.25) is 4.79 Å². The van der Waals surface area contributed by atoms with Gasteiger partial charge in [-0.2, -0.15) is 0 Å². The van der Waals surface area contributed by atoms with Crippen molar-refractivity contribution >= 4 is 29.1 Å². The van der Waals surface area contributed by atoms with Gasteiger partial charge in [0.05, 0.1) is 5.75 Å². The van der Waals surface area contributed by atoms with Gasteiger partial charge in [0.15, 0.2) is 16.8 Å². The number of halogens is 1. The molecule has 0 aliphatic heterocycles. The molecular weight excluding hydrogens is 366 g/mol. The van der Waals surface area contributed by atoms with Crippen molar-refractivity contribution < 1.29 is 4.79 Å². The van der Waals surface area contributed by atoms with Crippen LogP contribution >= 0.6 is 23.4 Å². The normalized spacial score (nSPS) is 10.9. The third-order valence-corrected chi connectivity index (χ3v) is 5.33. The van der Waals surface area contributed by atoms with E-state index in [2.05, 4.69) is 17.1 Å². The molecule has 4 nitrogen and oxygen atoms in total. The van der Waals surface area contributed by atoms with E-state index < -0.39 is 0 Å². The van der Waals surface area contributed by atoms with Gasteiger partial charge in [-0.15, -0.1) is 10.2 Å². The fourth-order valence-electron chi connectivity index (χ4n) is 2.66. The molecule has 0 aliphatic carbocycles. The zero-order valence-electron chi connectivity index (χ0n) is 14.8. The molecule has 3 rings (SSSR count). The van der Waals surface area contributed by atoms with Crippen LogP contribution in [0.3, 0.4) is 0 Å². The molecule has 6 heteroatoms. The highest BCUT2D eigenvalue weighted by Gasteiger charge is 2.15. The van der Waals surface area contributed by atoms with Gasteiger partial charge in [-0.05, 0) is 31.0 Å². The van der Waals surface area contributed by atoms with Crippen LogP contribution in [0, 0.1) is 0 Å². The Bertz CT molecular complexity index is 906. The van der Waals surface area contributed by atoms with Crippen molar-refractivity contribution in [3.8, 4) is 11.4 Å². The summed E-state index contributed by atoms with van der Waals surface area (Å²) < 4.78 is 2.00. The highest BCUT2D eigenvalue weighted by Crippen LogP contribution is 2.26. The average Bonchev–Trinajstić information content (AvgIpc) is 3.09. The molecule has 134 valence electrons. The maximum absolute atomic E-state index is 12.4. The molecular formula is C20H20ClN3OS. The van der Waals surface area contributed by atoms with Crippen LogP contribution in [0.15, 0.2) is 53.7 Å². The predicted molar refractivity (Wildman–Crippen MR) is 107 cm³/mol. The Balaban J connectivity index is 1.74. The minimum atomic E-state index is 0.0904. The lowest BCUT2D eigenvalue weighted by atomic mass is 10.1. The van der Waals surface area contributed by atoms with Crippen molar-refractivity contribution in [3.05, 3.63) is 64.7 Å². The predicted octanol–water partition coefficient (Wildman–Crippen LogP) is 5.16. The number of thioether (sulfide) groups is 1. The second kappa shape index (κ2) is 8.52. The summed E-state index contributed by atoms with van der Waals surface area (Å²) in [6, 6.07) is 15.3. The Morgan fingerprint density at radius 1 is 1.12 bits per heavy atom. The first-order valence-electron chi connectivity index (χ1n) is 8.56. The maximum Gasteiger partial charge on any atom is 0.191 e. The first-order valence-corrected chi connectivity index (χ1v) is 9.92. The number of nitrogens with zero attached hydrogens (tertiary/aromatic N) is 3. The maximum atomic E-state index is 12.4. The van der Waals surface area contributed by atoms with Crippen molar-refractivity contribution in [2.24, 2.45) is 0 Å². The molecule has 26 heavy (non-hydrogen) atoms. The van der Waals surface area contributed by atoms with Crippen molar-refractivity contribution in [2.75, 3.05) is 5.75 Å². The molecule has 0 radical (unpaired) electrons. The summed E-state index contributed by atoms with van der Waals surface area (Å²) in [7, 11) is 0. The van der Waals surface area contributed by atoms with Gasteiger partial charge in [0, 0.05) is 22.7 Å². The van der Waals surface area contributed by atoms with Crippen LogP contribution in [-0.4, -0.2) is 26.3 Å². The fourth-order valence-corrected chi connectivity index (χ4v) is 3.75. The number of ketones is 1. The van der Waals surface area contributed by atoms with Crippen LogP contribution in [0.25, 0.3) is 11.4 Å². The molecule has 0 unspecified atom stereocenters. The van der Waals surface area contributed by atoms with Crippen LogP contribution in [0.4, 0.5) is 0 Å². The summed E-state index contributed by atoms with van der Waals surface area (Å²) in [6.45, 7) is 4.85. The summed E-state index contributed by atoms with van der Waals surface area (Å²) in [6.07, 6.45) is 0.967. The Morgan fingerprint density at radius 3 is 2.54 bits per heavy atom. The smallest absolute Gasteiger partial charge is 0.191 e. The molecule has 3 aromatic rings. The van der Waals surface area contributed by atoms with Crippen molar-refractivity contribution in [1.82, 2.24) is 14.8 Å². The van der Waals surface area contributed by atoms with Crippen LogP contribution in [0.2, 0.25) is 5.02 Å². The summed E-state index contributed by atoms with van der Waals surface area (Å²) in [4.78, 5) is 12.4. The quantitative estimate of drug-likeness (QED) is 0.416. The highest BCUT2D eigenvalue weighted by atomic mass is 35.5. The van der Waals surface area contributed by atoms with E-state index in [9.17, 15) is 4.79 Å². The molecule has 0 saturated heterocycles. The lowest BCUT2D eigenvalue weighted by Gasteiger charge is -2.07. The number of carbonyl (C=O) groups is 1. The van der Waals surface area contributed by atoms with Crippen LogP contribution in [-0.2, 0) is 13.0 Å². The molecule has 1 heterocycles. The highest BCUT2D eigenvalue weighted by molar-refractivity contribution is 7.99. The lowest BCUT2D eigenvalue weighted by molar-refractivity contribution is 0.102. The molecule has 0 aliphatic rings. The molecule has 0 bridgehead atoms. The van der Waals surface area contributed by atoms with Crippen molar-refractivity contribution in [3.63, 3.8) is 0 Å². The second-order valence-electron chi connectivity index (χ2n) is 5.82. The summed E-state index contributed by atoms with van der Waals surface area (Å²) in [5.41, 5.74) is 2.87. The first kappa shape index (κ1) is 18.7. The number of carbonyl (C=O) groups excluding carboxylic acids is 1. The number of aromatic nitrogens is 3.